The highest BCUT2D eigenvalue weighted by Gasteiger charge is 2.21. The molecule has 1 aromatic carbocycles. The van der Waals surface area contributed by atoms with Crippen molar-refractivity contribution in [3.63, 3.8) is 0 Å². The third-order valence-electron chi connectivity index (χ3n) is 7.03. The molecule has 1 aliphatic carbocycles. The van der Waals surface area contributed by atoms with Crippen LogP contribution in [-0.2, 0) is 12.8 Å². The molecule has 0 aromatic heterocycles. The molecule has 0 radical (unpaired) electrons. The Morgan fingerprint density at radius 2 is 1.79 bits per heavy atom. The van der Waals surface area contributed by atoms with Gasteiger partial charge in [-0.2, -0.15) is 0 Å². The van der Waals surface area contributed by atoms with Gasteiger partial charge in [-0.25, -0.2) is 0 Å². The van der Waals surface area contributed by atoms with Gasteiger partial charge in [0, 0.05) is 31.5 Å². The van der Waals surface area contributed by atoms with E-state index < -0.39 is 0 Å². The number of aliphatic imine (C=N–C) groups is 1. The number of nitrogens with one attached hydrogen (secondary N) is 3. The molecule has 39 heavy (non-hydrogen) atoms. The van der Waals surface area contributed by atoms with E-state index in [4.69, 9.17) is 0 Å². The minimum absolute atomic E-state index is 0.480. The molecule has 3 rings (SSSR count). The maximum Gasteiger partial charge on any atom is 0.101 e. The van der Waals surface area contributed by atoms with Gasteiger partial charge in [0.25, 0.3) is 0 Å². The summed E-state index contributed by atoms with van der Waals surface area (Å²) in [6.45, 7) is 26.3. The van der Waals surface area contributed by atoms with Crippen LogP contribution in [0.5, 0.6) is 0 Å². The summed E-state index contributed by atoms with van der Waals surface area (Å²) in [7, 11) is 2.02. The van der Waals surface area contributed by atoms with Crippen molar-refractivity contribution in [2.24, 2.45) is 16.8 Å². The highest BCUT2D eigenvalue weighted by Crippen LogP contribution is 2.25. The van der Waals surface area contributed by atoms with Crippen LogP contribution in [0.15, 0.2) is 90.5 Å². The Kier molecular flexibility index (Phi) is 17.6. The van der Waals surface area contributed by atoms with Gasteiger partial charge in [0.15, 0.2) is 0 Å². The number of rotatable bonds is 15. The molecule has 0 saturated carbocycles. The van der Waals surface area contributed by atoms with Crippen molar-refractivity contribution in [2.75, 3.05) is 33.2 Å². The van der Waals surface area contributed by atoms with Gasteiger partial charge in [0.1, 0.15) is 5.70 Å². The molecule has 0 spiro atoms. The Hall–Kier alpha value is -2.89. The molecule has 216 valence electrons. The summed E-state index contributed by atoms with van der Waals surface area (Å²) in [5.74, 6) is 1.05. The Balaban J connectivity index is 0.00000181. The molecular weight excluding hydrogens is 478 g/mol. The maximum atomic E-state index is 4.28. The first-order valence-electron chi connectivity index (χ1n) is 14.7. The van der Waals surface area contributed by atoms with Crippen molar-refractivity contribution in [1.82, 2.24) is 20.9 Å². The molecular formula is C34H55N5. The summed E-state index contributed by atoms with van der Waals surface area (Å²) >= 11 is 0. The average Bonchev–Trinajstić information content (AvgIpc) is 3.41. The SMILES string of the molecule is C=C.C=N/C(=C\N1C=C(C(CCC)CCNC)C=CC1)C(=C)NCC(C)CNC1Cc2ccccc2C1.CC. The van der Waals surface area contributed by atoms with E-state index >= 15 is 0 Å². The van der Waals surface area contributed by atoms with E-state index in [1.54, 1.807) is 0 Å². The minimum Gasteiger partial charge on any atom is -0.383 e. The minimum atomic E-state index is 0.480. The predicted molar refractivity (Wildman–Crippen MR) is 173 cm³/mol. The zero-order valence-corrected chi connectivity index (χ0v) is 25.4. The van der Waals surface area contributed by atoms with Crippen molar-refractivity contribution in [1.29, 1.82) is 0 Å². The van der Waals surface area contributed by atoms with E-state index in [1.807, 2.05) is 20.9 Å². The van der Waals surface area contributed by atoms with Crippen LogP contribution in [0.2, 0.25) is 0 Å². The van der Waals surface area contributed by atoms with Gasteiger partial charge < -0.3 is 20.9 Å². The molecule has 1 aliphatic heterocycles. The molecule has 0 bridgehead atoms. The van der Waals surface area contributed by atoms with E-state index in [0.29, 0.717) is 17.9 Å². The summed E-state index contributed by atoms with van der Waals surface area (Å²) < 4.78 is 0. The quantitative estimate of drug-likeness (QED) is 0.134. The van der Waals surface area contributed by atoms with Crippen molar-refractivity contribution >= 4 is 6.72 Å². The molecule has 1 aromatic rings. The molecule has 0 amide bonds. The maximum absolute atomic E-state index is 4.28. The van der Waals surface area contributed by atoms with Crippen molar-refractivity contribution in [3.05, 3.63) is 96.6 Å². The zero-order chi connectivity index (χ0) is 29.0. The van der Waals surface area contributed by atoms with Crippen molar-refractivity contribution in [2.45, 2.75) is 65.8 Å². The first-order chi connectivity index (χ1) is 19.0. The smallest absolute Gasteiger partial charge is 0.101 e. The van der Waals surface area contributed by atoms with Gasteiger partial charge in [-0.3, -0.25) is 4.99 Å². The van der Waals surface area contributed by atoms with Crippen LogP contribution in [0.4, 0.5) is 0 Å². The van der Waals surface area contributed by atoms with Gasteiger partial charge in [-0.05, 0) is 81.1 Å². The molecule has 1 heterocycles. The van der Waals surface area contributed by atoms with E-state index in [1.165, 1.54) is 29.5 Å². The second kappa shape index (κ2) is 20.1. The average molecular weight is 534 g/mol. The van der Waals surface area contributed by atoms with Crippen LogP contribution in [0.1, 0.15) is 58.1 Å². The Labute approximate surface area is 240 Å². The number of nitrogens with zero attached hydrogens (tertiary/aromatic N) is 2. The van der Waals surface area contributed by atoms with Gasteiger partial charge in [-0.1, -0.05) is 77.1 Å². The molecule has 3 N–H and O–H groups in total. The molecule has 2 aliphatic rings. The fraction of sp³-hybridized carbons (Fsp3) is 0.500. The van der Waals surface area contributed by atoms with Gasteiger partial charge in [-0.15, -0.1) is 13.2 Å². The fourth-order valence-corrected chi connectivity index (χ4v) is 4.98. The summed E-state index contributed by atoms with van der Waals surface area (Å²) in [6.07, 6.45) is 14.6. The number of allylic oxidation sites excluding steroid dienone is 2. The number of hydrogen-bond acceptors (Lipinski definition) is 5. The van der Waals surface area contributed by atoms with E-state index in [0.717, 1.165) is 56.8 Å². The number of hydrogen-bond donors (Lipinski definition) is 3. The summed E-state index contributed by atoms with van der Waals surface area (Å²) in [5.41, 5.74) is 5.99. The summed E-state index contributed by atoms with van der Waals surface area (Å²) in [5, 5.41) is 10.5. The third kappa shape index (κ3) is 11.8. The van der Waals surface area contributed by atoms with Crippen molar-refractivity contribution in [3.8, 4) is 0 Å². The van der Waals surface area contributed by atoms with Crippen LogP contribution in [0.3, 0.4) is 0 Å². The lowest BCUT2D eigenvalue weighted by Crippen LogP contribution is -2.36. The monoisotopic (exact) mass is 533 g/mol. The topological polar surface area (TPSA) is 51.7 Å². The van der Waals surface area contributed by atoms with Gasteiger partial charge in [0.05, 0.1) is 5.70 Å². The zero-order valence-electron chi connectivity index (χ0n) is 25.4. The van der Waals surface area contributed by atoms with Crippen LogP contribution in [0, 0.1) is 11.8 Å². The first kappa shape index (κ1) is 34.1. The normalized spacial score (nSPS) is 16.1. The standard InChI is InChI=1S/C30H45N5.C2H6.C2H4/c1-6-10-25(14-15-31-4)28-13-9-16-35(21-28)22-30(32-5)24(3)33-19-23(2)20-34-29-17-26-11-7-8-12-27(26)18-29;2*1-2/h7-9,11-13,21-23,25,29,31,33-34H,3,5-6,10,14-20H2,1-2,4H3;1-2H3;1-2H2/b30-22-;;. The first-order valence-corrected chi connectivity index (χ1v) is 14.7. The van der Waals surface area contributed by atoms with Crippen LogP contribution in [0.25, 0.3) is 0 Å². The van der Waals surface area contributed by atoms with E-state index in [9.17, 15) is 0 Å². The number of fused-ring (bicyclic) bond motifs is 1. The van der Waals surface area contributed by atoms with Crippen LogP contribution in [-0.4, -0.2) is 50.9 Å². The lowest BCUT2D eigenvalue weighted by Gasteiger charge is -2.25. The van der Waals surface area contributed by atoms with Gasteiger partial charge >= 0.3 is 0 Å². The predicted octanol–water partition coefficient (Wildman–Crippen LogP) is 6.63. The highest BCUT2D eigenvalue weighted by molar-refractivity contribution is 5.38. The molecule has 5 nitrogen and oxygen atoms in total. The Morgan fingerprint density at radius 3 is 2.38 bits per heavy atom. The lowest BCUT2D eigenvalue weighted by atomic mass is 9.90. The van der Waals surface area contributed by atoms with E-state index in [2.05, 4.69) is 115 Å². The molecule has 5 heteroatoms. The Morgan fingerprint density at radius 1 is 1.13 bits per heavy atom. The summed E-state index contributed by atoms with van der Waals surface area (Å²) in [4.78, 5) is 6.48. The van der Waals surface area contributed by atoms with E-state index in [-0.39, 0.29) is 0 Å². The molecule has 0 saturated heterocycles. The van der Waals surface area contributed by atoms with Crippen molar-refractivity contribution < 1.29 is 0 Å². The molecule has 2 unspecified atom stereocenters. The second-order valence-corrected chi connectivity index (χ2v) is 10.0. The molecule has 0 fully saturated rings. The fourth-order valence-electron chi connectivity index (χ4n) is 4.98. The number of benzene rings is 1. The van der Waals surface area contributed by atoms with Gasteiger partial charge in [0.2, 0.25) is 0 Å². The second-order valence-electron chi connectivity index (χ2n) is 10.0. The lowest BCUT2D eigenvalue weighted by molar-refractivity contribution is 0.443. The van der Waals surface area contributed by atoms with Crippen LogP contribution < -0.4 is 16.0 Å². The third-order valence-corrected chi connectivity index (χ3v) is 7.03. The Bertz CT molecular complexity index is 920. The summed E-state index contributed by atoms with van der Waals surface area (Å²) in [6, 6.07) is 9.33. The van der Waals surface area contributed by atoms with Crippen LogP contribution >= 0.6 is 0 Å². The highest BCUT2D eigenvalue weighted by atomic mass is 15.1. The molecule has 2 atom stereocenters. The largest absolute Gasteiger partial charge is 0.383 e.